The zero-order valence-corrected chi connectivity index (χ0v) is 11.2. The van der Waals surface area contributed by atoms with Gasteiger partial charge in [0.1, 0.15) is 5.75 Å². The number of fused-ring (bicyclic) bond motifs is 1. The lowest BCUT2D eigenvalue weighted by atomic mass is 9.95. The first-order valence-electron chi connectivity index (χ1n) is 6.02. The van der Waals surface area contributed by atoms with Gasteiger partial charge in [-0.15, -0.1) is 0 Å². The van der Waals surface area contributed by atoms with Crippen LogP contribution in [0, 0.1) is 0 Å². The predicted octanol–water partition coefficient (Wildman–Crippen LogP) is 3.29. The molecule has 0 aliphatic heterocycles. The van der Waals surface area contributed by atoms with Gasteiger partial charge in [0.25, 0.3) is 0 Å². The first-order chi connectivity index (χ1) is 9.65. The van der Waals surface area contributed by atoms with Gasteiger partial charge in [-0.05, 0) is 23.8 Å². The molecule has 2 aromatic rings. The number of carbonyl (C=O) groups excluding carboxylic acids is 2. The second-order valence-electron chi connectivity index (χ2n) is 4.35. The molecule has 0 amide bonds. The summed E-state index contributed by atoms with van der Waals surface area (Å²) >= 11 is 1.36. The van der Waals surface area contributed by atoms with E-state index in [1.165, 1.54) is 17.8 Å². The van der Waals surface area contributed by atoms with E-state index in [0.29, 0.717) is 5.56 Å². The van der Waals surface area contributed by atoms with E-state index in [0.717, 1.165) is 15.4 Å². The van der Waals surface area contributed by atoms with Crippen molar-refractivity contribution in [1.82, 2.24) is 0 Å². The Morgan fingerprint density at radius 1 is 0.900 bits per heavy atom. The van der Waals surface area contributed by atoms with E-state index in [4.69, 9.17) is 0 Å². The standard InChI is InChI=1S/C16H10O3S/c17-10-4-3-5-11(8-10)20-15-9-14(18)16(19)13-7-2-1-6-12(13)15/h1-9,17H. The van der Waals surface area contributed by atoms with Crippen LogP contribution in [0.5, 0.6) is 5.75 Å². The lowest BCUT2D eigenvalue weighted by Crippen LogP contribution is -2.17. The van der Waals surface area contributed by atoms with Gasteiger partial charge < -0.3 is 5.11 Å². The van der Waals surface area contributed by atoms with Gasteiger partial charge in [0.2, 0.25) is 11.6 Å². The summed E-state index contributed by atoms with van der Waals surface area (Å²) in [5.74, 6) is -0.811. The molecule has 0 fully saturated rings. The third-order valence-corrected chi connectivity index (χ3v) is 4.02. The predicted molar refractivity (Wildman–Crippen MR) is 77.7 cm³/mol. The number of hydrogen-bond donors (Lipinski definition) is 1. The molecule has 0 bridgehead atoms. The maximum absolute atomic E-state index is 11.8. The van der Waals surface area contributed by atoms with Crippen LogP contribution in [0.4, 0.5) is 0 Å². The van der Waals surface area contributed by atoms with E-state index < -0.39 is 11.6 Å². The van der Waals surface area contributed by atoms with Crippen molar-refractivity contribution in [1.29, 1.82) is 0 Å². The number of Topliss-reactive ketones (excluding diaryl/α,β-unsaturated/α-hetero) is 1. The molecule has 3 rings (SSSR count). The van der Waals surface area contributed by atoms with E-state index in [-0.39, 0.29) is 5.75 Å². The van der Waals surface area contributed by atoms with Gasteiger partial charge in [-0.25, -0.2) is 0 Å². The Kier molecular flexibility index (Phi) is 3.16. The second-order valence-corrected chi connectivity index (χ2v) is 5.46. The molecule has 3 nitrogen and oxygen atoms in total. The Labute approximate surface area is 119 Å². The molecule has 4 heteroatoms. The van der Waals surface area contributed by atoms with E-state index in [1.807, 2.05) is 18.2 Å². The average molecular weight is 282 g/mol. The van der Waals surface area contributed by atoms with Crippen molar-refractivity contribution in [3.05, 3.63) is 65.7 Å². The average Bonchev–Trinajstić information content (AvgIpc) is 2.45. The monoisotopic (exact) mass is 282 g/mol. The highest BCUT2D eigenvalue weighted by Crippen LogP contribution is 2.38. The summed E-state index contributed by atoms with van der Waals surface area (Å²) in [5.41, 5.74) is 1.19. The Hall–Kier alpha value is -2.33. The molecule has 2 aromatic carbocycles. The fourth-order valence-electron chi connectivity index (χ4n) is 2.05. The van der Waals surface area contributed by atoms with E-state index >= 15 is 0 Å². The quantitative estimate of drug-likeness (QED) is 0.859. The van der Waals surface area contributed by atoms with Crippen molar-refractivity contribution >= 4 is 28.2 Å². The van der Waals surface area contributed by atoms with Gasteiger partial charge in [-0.1, -0.05) is 42.1 Å². The molecule has 20 heavy (non-hydrogen) atoms. The number of thioether (sulfide) groups is 1. The van der Waals surface area contributed by atoms with Crippen molar-refractivity contribution < 1.29 is 14.7 Å². The first-order valence-corrected chi connectivity index (χ1v) is 6.83. The first kappa shape index (κ1) is 12.7. The van der Waals surface area contributed by atoms with Crippen molar-refractivity contribution in [2.24, 2.45) is 0 Å². The van der Waals surface area contributed by atoms with E-state index in [9.17, 15) is 14.7 Å². The second kappa shape index (κ2) is 4.98. The maximum Gasteiger partial charge on any atom is 0.233 e. The molecule has 0 unspecified atom stereocenters. The van der Waals surface area contributed by atoms with Crippen LogP contribution in [0.2, 0.25) is 0 Å². The highest BCUT2D eigenvalue weighted by molar-refractivity contribution is 8.08. The van der Waals surface area contributed by atoms with Crippen molar-refractivity contribution in [2.45, 2.75) is 4.90 Å². The normalized spacial score (nSPS) is 13.9. The van der Waals surface area contributed by atoms with E-state index in [2.05, 4.69) is 0 Å². The van der Waals surface area contributed by atoms with Crippen LogP contribution in [0.25, 0.3) is 4.91 Å². The van der Waals surface area contributed by atoms with Crippen LogP contribution in [0.1, 0.15) is 15.9 Å². The zero-order valence-electron chi connectivity index (χ0n) is 10.4. The van der Waals surface area contributed by atoms with Crippen LogP contribution in [0.15, 0.2) is 59.5 Å². The van der Waals surface area contributed by atoms with Crippen molar-refractivity contribution in [3.8, 4) is 5.75 Å². The minimum absolute atomic E-state index is 0.169. The number of allylic oxidation sites excluding steroid dienone is 1. The number of rotatable bonds is 2. The Morgan fingerprint density at radius 2 is 1.65 bits per heavy atom. The van der Waals surface area contributed by atoms with Gasteiger partial charge >= 0.3 is 0 Å². The van der Waals surface area contributed by atoms with Crippen LogP contribution in [-0.2, 0) is 4.79 Å². The largest absolute Gasteiger partial charge is 0.508 e. The summed E-state index contributed by atoms with van der Waals surface area (Å²) in [6, 6.07) is 13.8. The number of ketones is 2. The Bertz CT molecular complexity index is 747. The van der Waals surface area contributed by atoms with Gasteiger partial charge in [0.05, 0.1) is 0 Å². The third-order valence-electron chi connectivity index (χ3n) is 2.97. The molecule has 0 heterocycles. The number of phenolic OH excluding ortho intramolecular Hbond substituents is 1. The highest BCUT2D eigenvalue weighted by Gasteiger charge is 2.25. The summed E-state index contributed by atoms with van der Waals surface area (Å²) in [6.07, 6.45) is 1.36. The number of aromatic hydroxyl groups is 1. The molecule has 0 saturated heterocycles. The summed E-state index contributed by atoms with van der Waals surface area (Å²) < 4.78 is 0. The van der Waals surface area contributed by atoms with Gasteiger partial charge in [-0.3, -0.25) is 9.59 Å². The molecule has 0 atom stereocenters. The van der Waals surface area contributed by atoms with Crippen LogP contribution in [-0.4, -0.2) is 16.7 Å². The summed E-state index contributed by atoms with van der Waals surface area (Å²) in [6.45, 7) is 0. The minimum atomic E-state index is -0.508. The molecule has 1 aliphatic carbocycles. The molecule has 0 aromatic heterocycles. The third kappa shape index (κ3) is 2.26. The molecule has 1 aliphatic rings. The van der Waals surface area contributed by atoms with Gasteiger partial charge in [-0.2, -0.15) is 0 Å². The Balaban J connectivity index is 2.03. The van der Waals surface area contributed by atoms with Crippen LogP contribution >= 0.6 is 11.8 Å². The molecule has 98 valence electrons. The lowest BCUT2D eigenvalue weighted by Gasteiger charge is -2.15. The summed E-state index contributed by atoms with van der Waals surface area (Å²) in [5, 5.41) is 9.48. The van der Waals surface area contributed by atoms with Crippen LogP contribution in [0.3, 0.4) is 0 Å². The zero-order chi connectivity index (χ0) is 14.1. The summed E-state index contributed by atoms with van der Waals surface area (Å²) in [7, 11) is 0. The van der Waals surface area contributed by atoms with E-state index in [1.54, 1.807) is 30.3 Å². The molecule has 0 spiro atoms. The SMILES string of the molecule is O=C1C=C(Sc2cccc(O)c2)c2ccccc2C1=O. The highest BCUT2D eigenvalue weighted by atomic mass is 32.2. The van der Waals surface area contributed by atoms with Crippen LogP contribution < -0.4 is 0 Å². The minimum Gasteiger partial charge on any atom is -0.508 e. The fourth-order valence-corrected chi connectivity index (χ4v) is 3.08. The lowest BCUT2D eigenvalue weighted by molar-refractivity contribution is -0.110. The molecule has 1 N–H and O–H groups in total. The molecular formula is C16H10O3S. The fraction of sp³-hybridized carbons (Fsp3) is 0. The smallest absolute Gasteiger partial charge is 0.233 e. The summed E-state index contributed by atoms with van der Waals surface area (Å²) in [4.78, 5) is 25.1. The van der Waals surface area contributed by atoms with Gasteiger partial charge in [0, 0.05) is 21.4 Å². The number of carbonyl (C=O) groups is 2. The van der Waals surface area contributed by atoms with Crippen molar-refractivity contribution in [2.75, 3.05) is 0 Å². The maximum atomic E-state index is 11.8. The molecule has 0 saturated carbocycles. The topological polar surface area (TPSA) is 54.4 Å². The van der Waals surface area contributed by atoms with Crippen molar-refractivity contribution in [3.63, 3.8) is 0 Å². The molecule has 0 radical (unpaired) electrons. The number of phenols is 1. The van der Waals surface area contributed by atoms with Gasteiger partial charge in [0.15, 0.2) is 0 Å². The number of hydrogen-bond acceptors (Lipinski definition) is 4. The molecular weight excluding hydrogens is 272 g/mol. The Morgan fingerprint density at radius 3 is 2.40 bits per heavy atom. The number of benzene rings is 2.